The van der Waals surface area contributed by atoms with Crippen molar-refractivity contribution in [2.24, 2.45) is 5.41 Å². The molecule has 4 nitrogen and oxygen atoms in total. The highest BCUT2D eigenvalue weighted by Gasteiger charge is 2.37. The SMILES string of the molecule is C/C=C/C=C(C)\C=C(/C)C1(CCC)CCCC(NC(=O)c2cnc(C)cn2)C1. The highest BCUT2D eigenvalue weighted by molar-refractivity contribution is 5.92. The number of hydrogen-bond acceptors (Lipinski definition) is 3. The van der Waals surface area contributed by atoms with E-state index >= 15 is 0 Å². The van der Waals surface area contributed by atoms with Crippen LogP contribution < -0.4 is 5.32 Å². The third kappa shape index (κ3) is 5.88. The van der Waals surface area contributed by atoms with Gasteiger partial charge in [0.15, 0.2) is 0 Å². The van der Waals surface area contributed by atoms with Gasteiger partial charge < -0.3 is 5.32 Å². The molecule has 1 fully saturated rings. The molecule has 1 saturated carbocycles. The van der Waals surface area contributed by atoms with Crippen LogP contribution >= 0.6 is 0 Å². The van der Waals surface area contributed by atoms with Crippen molar-refractivity contribution < 1.29 is 4.79 Å². The number of allylic oxidation sites excluding steroid dienone is 6. The number of rotatable bonds is 7. The Labute approximate surface area is 170 Å². The topological polar surface area (TPSA) is 54.9 Å². The van der Waals surface area contributed by atoms with E-state index in [1.165, 1.54) is 17.6 Å². The van der Waals surface area contributed by atoms with E-state index in [9.17, 15) is 4.79 Å². The normalized spacial score (nSPS) is 23.8. The number of hydrogen-bond donors (Lipinski definition) is 1. The third-order valence-electron chi connectivity index (χ3n) is 5.75. The van der Waals surface area contributed by atoms with Crippen LogP contribution in [0.1, 0.15) is 82.4 Å². The molecular formula is C24H35N3O. The number of carbonyl (C=O) groups is 1. The van der Waals surface area contributed by atoms with Gasteiger partial charge in [-0.25, -0.2) is 4.98 Å². The second-order valence-corrected chi connectivity index (χ2v) is 8.10. The van der Waals surface area contributed by atoms with Crippen molar-refractivity contribution in [1.82, 2.24) is 15.3 Å². The number of amides is 1. The van der Waals surface area contributed by atoms with E-state index in [-0.39, 0.29) is 17.4 Å². The summed E-state index contributed by atoms with van der Waals surface area (Å²) in [4.78, 5) is 21.0. The fourth-order valence-electron chi connectivity index (χ4n) is 4.31. The summed E-state index contributed by atoms with van der Waals surface area (Å²) in [6.45, 7) is 10.6. The van der Waals surface area contributed by atoms with Crippen LogP contribution in [0.25, 0.3) is 0 Å². The molecule has 1 aromatic rings. The standard InChI is InChI=1S/C24H35N3O/c1-6-8-10-18(3)14-19(4)24(12-7-2)13-9-11-21(15-24)27-23(28)22-17-25-20(5)16-26-22/h6,8,10,14,16-17,21H,7,9,11-13,15H2,1-5H3,(H,27,28)/b8-6+,18-10-,19-14+. The molecule has 0 aliphatic heterocycles. The van der Waals surface area contributed by atoms with E-state index in [2.05, 4.69) is 60.4 Å². The van der Waals surface area contributed by atoms with Crippen molar-refractivity contribution in [3.05, 3.63) is 59.2 Å². The number of nitrogens with zero attached hydrogens (tertiary/aromatic N) is 2. The zero-order valence-corrected chi connectivity index (χ0v) is 18.1. The van der Waals surface area contributed by atoms with Gasteiger partial charge in [0.2, 0.25) is 0 Å². The number of aromatic nitrogens is 2. The molecule has 0 radical (unpaired) electrons. The largest absolute Gasteiger partial charge is 0.348 e. The van der Waals surface area contributed by atoms with Gasteiger partial charge in [0.05, 0.1) is 11.9 Å². The van der Waals surface area contributed by atoms with Gasteiger partial charge in [-0.3, -0.25) is 9.78 Å². The van der Waals surface area contributed by atoms with E-state index in [1.807, 2.05) is 13.8 Å². The van der Waals surface area contributed by atoms with Crippen molar-refractivity contribution in [3.63, 3.8) is 0 Å². The maximum Gasteiger partial charge on any atom is 0.271 e. The van der Waals surface area contributed by atoms with E-state index in [0.717, 1.165) is 37.8 Å². The molecule has 1 N–H and O–H groups in total. The Bertz CT molecular complexity index is 742. The summed E-state index contributed by atoms with van der Waals surface area (Å²) >= 11 is 0. The first-order chi connectivity index (χ1) is 13.4. The van der Waals surface area contributed by atoms with Crippen LogP contribution in [-0.2, 0) is 0 Å². The molecule has 0 bridgehead atoms. The first-order valence-corrected chi connectivity index (χ1v) is 10.5. The summed E-state index contributed by atoms with van der Waals surface area (Å²) in [6.07, 6.45) is 18.5. The van der Waals surface area contributed by atoms with E-state index in [1.54, 1.807) is 12.4 Å². The van der Waals surface area contributed by atoms with Gasteiger partial charge in [-0.1, -0.05) is 55.2 Å². The average molecular weight is 382 g/mol. The van der Waals surface area contributed by atoms with Gasteiger partial charge in [-0.05, 0) is 58.8 Å². The zero-order chi connectivity index (χ0) is 20.6. The monoisotopic (exact) mass is 381 g/mol. The molecule has 2 unspecified atom stereocenters. The summed E-state index contributed by atoms with van der Waals surface area (Å²) in [5, 5.41) is 3.22. The lowest BCUT2D eigenvalue weighted by Gasteiger charge is -2.42. The van der Waals surface area contributed by atoms with Crippen LogP contribution in [0.2, 0.25) is 0 Å². The minimum absolute atomic E-state index is 0.115. The molecule has 2 atom stereocenters. The predicted octanol–water partition coefficient (Wildman–Crippen LogP) is 5.71. The Morgan fingerprint density at radius 3 is 2.75 bits per heavy atom. The smallest absolute Gasteiger partial charge is 0.271 e. The van der Waals surface area contributed by atoms with Crippen LogP contribution in [-0.4, -0.2) is 21.9 Å². The number of nitrogens with one attached hydrogen (secondary N) is 1. The fraction of sp³-hybridized carbons (Fsp3) is 0.542. The molecule has 0 saturated heterocycles. The Morgan fingerprint density at radius 1 is 1.32 bits per heavy atom. The maximum atomic E-state index is 12.6. The molecule has 1 aromatic heterocycles. The maximum absolute atomic E-state index is 12.6. The van der Waals surface area contributed by atoms with Crippen molar-refractivity contribution in [3.8, 4) is 0 Å². The summed E-state index contributed by atoms with van der Waals surface area (Å²) < 4.78 is 0. The van der Waals surface area contributed by atoms with E-state index < -0.39 is 0 Å². The van der Waals surface area contributed by atoms with Gasteiger partial charge in [0.1, 0.15) is 5.69 Å². The highest BCUT2D eigenvalue weighted by Crippen LogP contribution is 2.46. The van der Waals surface area contributed by atoms with Crippen LogP contribution in [0.15, 0.2) is 47.8 Å². The molecule has 1 amide bonds. The van der Waals surface area contributed by atoms with E-state index in [0.29, 0.717) is 5.69 Å². The van der Waals surface area contributed by atoms with Crippen LogP contribution in [0.5, 0.6) is 0 Å². The number of carbonyl (C=O) groups excluding carboxylic acids is 1. The fourth-order valence-corrected chi connectivity index (χ4v) is 4.31. The Morgan fingerprint density at radius 2 is 2.11 bits per heavy atom. The average Bonchev–Trinajstić information content (AvgIpc) is 2.67. The molecule has 0 spiro atoms. The van der Waals surface area contributed by atoms with Crippen LogP contribution in [0.4, 0.5) is 0 Å². The molecule has 152 valence electrons. The molecule has 1 heterocycles. The molecule has 1 aliphatic rings. The van der Waals surface area contributed by atoms with Crippen molar-refractivity contribution >= 4 is 5.91 Å². The van der Waals surface area contributed by atoms with Gasteiger partial charge in [-0.2, -0.15) is 0 Å². The zero-order valence-electron chi connectivity index (χ0n) is 18.1. The quantitative estimate of drug-likeness (QED) is 0.615. The predicted molar refractivity (Wildman–Crippen MR) is 116 cm³/mol. The molecule has 2 rings (SSSR count). The first kappa shape index (κ1) is 22.1. The van der Waals surface area contributed by atoms with Gasteiger partial charge in [0, 0.05) is 12.2 Å². The summed E-state index contributed by atoms with van der Waals surface area (Å²) in [6, 6.07) is 0.180. The van der Waals surface area contributed by atoms with Gasteiger partial charge in [-0.15, -0.1) is 0 Å². The van der Waals surface area contributed by atoms with Crippen LogP contribution in [0, 0.1) is 12.3 Å². The lowest BCUT2D eigenvalue weighted by Crippen LogP contribution is -2.43. The molecule has 4 heteroatoms. The second-order valence-electron chi connectivity index (χ2n) is 8.10. The minimum Gasteiger partial charge on any atom is -0.348 e. The van der Waals surface area contributed by atoms with Gasteiger partial charge in [0.25, 0.3) is 5.91 Å². The Kier molecular flexibility index (Phi) is 8.16. The number of aryl methyl sites for hydroxylation is 1. The lowest BCUT2D eigenvalue weighted by atomic mass is 9.65. The molecular weight excluding hydrogens is 346 g/mol. The van der Waals surface area contributed by atoms with Crippen molar-refractivity contribution in [1.29, 1.82) is 0 Å². The van der Waals surface area contributed by atoms with Crippen molar-refractivity contribution in [2.45, 2.75) is 79.2 Å². The van der Waals surface area contributed by atoms with E-state index in [4.69, 9.17) is 0 Å². The minimum atomic E-state index is -0.115. The summed E-state index contributed by atoms with van der Waals surface area (Å²) in [7, 11) is 0. The molecule has 0 aromatic carbocycles. The molecule has 1 aliphatic carbocycles. The Hall–Kier alpha value is -2.23. The highest BCUT2D eigenvalue weighted by atomic mass is 16.1. The third-order valence-corrected chi connectivity index (χ3v) is 5.75. The van der Waals surface area contributed by atoms with Gasteiger partial charge >= 0.3 is 0 Å². The second kappa shape index (κ2) is 10.4. The summed E-state index contributed by atoms with van der Waals surface area (Å²) in [5.74, 6) is -0.115. The lowest BCUT2D eigenvalue weighted by molar-refractivity contribution is 0.0891. The summed E-state index contributed by atoms with van der Waals surface area (Å²) in [5.41, 5.74) is 4.08. The first-order valence-electron chi connectivity index (χ1n) is 10.5. The van der Waals surface area contributed by atoms with Crippen molar-refractivity contribution in [2.75, 3.05) is 0 Å². The van der Waals surface area contributed by atoms with Crippen LogP contribution in [0.3, 0.4) is 0 Å². The Balaban J connectivity index is 2.16. The molecule has 28 heavy (non-hydrogen) atoms.